The van der Waals surface area contributed by atoms with E-state index in [1.807, 2.05) is 0 Å². The van der Waals surface area contributed by atoms with E-state index >= 15 is 0 Å². The number of hydrogen-bond acceptors (Lipinski definition) is 8. The van der Waals surface area contributed by atoms with Crippen molar-refractivity contribution in [3.8, 4) is 17.2 Å². The second-order valence-electron chi connectivity index (χ2n) is 6.30. The van der Waals surface area contributed by atoms with Gasteiger partial charge in [0.25, 0.3) is 5.09 Å². The lowest BCUT2D eigenvalue weighted by molar-refractivity contribution is -0.763. The summed E-state index contributed by atoms with van der Waals surface area (Å²) in [6.07, 6.45) is -1.27. The molecule has 1 amide bonds. The molecule has 0 radical (unpaired) electrons. The number of carboxylic acids is 1. The number of carbonyl (C=O) groups is 2. The molecule has 1 unspecified atom stereocenters. The van der Waals surface area contributed by atoms with Gasteiger partial charge in [0.05, 0.1) is 0 Å². The van der Waals surface area contributed by atoms with Gasteiger partial charge in [-0.2, -0.15) is 0 Å². The number of aromatic hydroxyl groups is 2. The van der Waals surface area contributed by atoms with Gasteiger partial charge in [-0.05, 0) is 42.3 Å². The van der Waals surface area contributed by atoms with Crippen LogP contribution in [0.3, 0.4) is 0 Å². The van der Waals surface area contributed by atoms with Crippen molar-refractivity contribution in [1.29, 1.82) is 0 Å². The zero-order chi connectivity index (χ0) is 21.6. The number of rotatable bonds is 8. The van der Waals surface area contributed by atoms with Crippen molar-refractivity contribution < 1.29 is 39.6 Å². The number of amides is 1. The molecule has 0 spiro atoms. The summed E-state index contributed by atoms with van der Waals surface area (Å²) in [5.41, 5.74) is -1.07. The van der Waals surface area contributed by atoms with E-state index in [9.17, 15) is 35.0 Å². The summed E-state index contributed by atoms with van der Waals surface area (Å²) >= 11 is 0. The van der Waals surface area contributed by atoms with Crippen LogP contribution in [-0.4, -0.2) is 38.0 Å². The third-order valence-electron chi connectivity index (χ3n) is 3.89. The molecule has 4 N–H and O–H groups in total. The quantitative estimate of drug-likeness (QED) is 0.291. The van der Waals surface area contributed by atoms with Crippen LogP contribution in [0.1, 0.15) is 18.1 Å². The molecule has 29 heavy (non-hydrogen) atoms. The second kappa shape index (κ2) is 8.78. The Morgan fingerprint density at radius 3 is 2.48 bits per heavy atom. The summed E-state index contributed by atoms with van der Waals surface area (Å²) in [4.78, 5) is 38.4. The Morgan fingerprint density at radius 1 is 1.14 bits per heavy atom. The molecule has 2 aromatic rings. The number of benzene rings is 2. The van der Waals surface area contributed by atoms with E-state index in [-0.39, 0.29) is 24.5 Å². The number of carboxylic acid groups (broad SMARTS) is 1. The molecule has 0 fully saturated rings. The van der Waals surface area contributed by atoms with Gasteiger partial charge in [-0.25, -0.2) is 9.59 Å². The molecule has 11 nitrogen and oxygen atoms in total. The lowest BCUT2D eigenvalue weighted by atomic mass is 9.93. The summed E-state index contributed by atoms with van der Waals surface area (Å²) in [6, 6.07) is 9.53. The molecule has 1 atom stereocenters. The average molecular weight is 406 g/mol. The standard InChI is InChI=1S/C18H18N2O9/c1-18(16(23)24,9-11-5-6-14(21)15(22)8-11)19-17(25)29-13-4-2-3-12(7-13)10-28-20(26)27/h2-8,21-22H,9-10H2,1H3,(H,19,25)(H,23,24). The normalized spacial score (nSPS) is 12.4. The van der Waals surface area contributed by atoms with E-state index in [0.29, 0.717) is 11.1 Å². The fourth-order valence-corrected chi connectivity index (χ4v) is 2.44. The molecule has 0 heterocycles. The van der Waals surface area contributed by atoms with Gasteiger partial charge in [0.1, 0.15) is 17.9 Å². The van der Waals surface area contributed by atoms with Gasteiger partial charge in [-0.3, -0.25) is 0 Å². The number of phenols is 2. The summed E-state index contributed by atoms with van der Waals surface area (Å²) in [7, 11) is 0. The second-order valence-corrected chi connectivity index (χ2v) is 6.30. The molecule has 0 bridgehead atoms. The highest BCUT2D eigenvalue weighted by Gasteiger charge is 2.36. The Labute approximate surface area is 164 Å². The van der Waals surface area contributed by atoms with Crippen LogP contribution in [0.4, 0.5) is 4.79 Å². The fraction of sp³-hybridized carbons (Fsp3) is 0.222. The van der Waals surface area contributed by atoms with Crippen LogP contribution in [0.5, 0.6) is 17.2 Å². The first-order chi connectivity index (χ1) is 13.6. The van der Waals surface area contributed by atoms with Crippen LogP contribution in [0.2, 0.25) is 0 Å². The first-order valence-corrected chi connectivity index (χ1v) is 8.19. The molecule has 0 aliphatic carbocycles. The summed E-state index contributed by atoms with van der Waals surface area (Å²) in [5, 5.41) is 40.0. The minimum Gasteiger partial charge on any atom is -0.504 e. The van der Waals surface area contributed by atoms with Crippen molar-refractivity contribution in [2.24, 2.45) is 0 Å². The fourth-order valence-electron chi connectivity index (χ4n) is 2.44. The predicted molar refractivity (Wildman–Crippen MR) is 96.9 cm³/mol. The van der Waals surface area contributed by atoms with Gasteiger partial charge in [-0.1, -0.05) is 18.2 Å². The topological polar surface area (TPSA) is 168 Å². The van der Waals surface area contributed by atoms with Crippen molar-refractivity contribution in [3.05, 3.63) is 63.7 Å². The lowest BCUT2D eigenvalue weighted by Crippen LogP contribution is -2.54. The predicted octanol–water partition coefficient (Wildman–Crippen LogP) is 1.98. The summed E-state index contributed by atoms with van der Waals surface area (Å²) in [6.45, 7) is 0.908. The van der Waals surface area contributed by atoms with Gasteiger partial charge in [0.15, 0.2) is 11.5 Å². The average Bonchev–Trinajstić information content (AvgIpc) is 2.63. The molecular weight excluding hydrogens is 388 g/mol. The first kappa shape index (κ1) is 21.3. The maximum Gasteiger partial charge on any atom is 0.413 e. The summed E-state index contributed by atoms with van der Waals surface area (Å²) in [5.74, 6) is -2.11. The Kier molecular flexibility index (Phi) is 6.44. The highest BCUT2D eigenvalue weighted by Crippen LogP contribution is 2.27. The van der Waals surface area contributed by atoms with E-state index in [1.54, 1.807) is 0 Å². The molecule has 154 valence electrons. The maximum absolute atomic E-state index is 12.2. The molecular formula is C18H18N2O9. The van der Waals surface area contributed by atoms with Crippen molar-refractivity contribution in [2.75, 3.05) is 0 Å². The molecule has 2 aromatic carbocycles. The van der Waals surface area contributed by atoms with Crippen LogP contribution < -0.4 is 10.1 Å². The van der Waals surface area contributed by atoms with Crippen LogP contribution >= 0.6 is 0 Å². The van der Waals surface area contributed by atoms with Gasteiger partial charge in [0, 0.05) is 6.42 Å². The molecule has 0 saturated heterocycles. The largest absolute Gasteiger partial charge is 0.504 e. The number of nitrogens with one attached hydrogen (secondary N) is 1. The third-order valence-corrected chi connectivity index (χ3v) is 3.89. The Balaban J connectivity index is 2.09. The van der Waals surface area contributed by atoms with Crippen molar-refractivity contribution >= 4 is 12.1 Å². The highest BCUT2D eigenvalue weighted by atomic mass is 16.9. The minimum atomic E-state index is -1.78. The number of carbonyl (C=O) groups excluding carboxylic acids is 1. The number of phenolic OH excluding ortho intramolecular Hbond substituents is 2. The summed E-state index contributed by atoms with van der Waals surface area (Å²) < 4.78 is 5.06. The molecule has 2 rings (SSSR count). The SMILES string of the molecule is CC(Cc1ccc(O)c(O)c1)(NC(=O)Oc1cccc(CO[N+](=O)[O-])c1)C(=O)O. The van der Waals surface area contributed by atoms with Gasteiger partial charge in [-0.15, -0.1) is 10.1 Å². The third kappa shape index (κ3) is 5.99. The Morgan fingerprint density at radius 2 is 1.86 bits per heavy atom. The van der Waals surface area contributed by atoms with Crippen LogP contribution in [0, 0.1) is 10.1 Å². The lowest BCUT2D eigenvalue weighted by Gasteiger charge is -2.26. The minimum absolute atomic E-state index is 0.0296. The van der Waals surface area contributed by atoms with Crippen molar-refractivity contribution in [2.45, 2.75) is 25.5 Å². The van der Waals surface area contributed by atoms with E-state index < -0.39 is 28.4 Å². The van der Waals surface area contributed by atoms with Gasteiger partial charge < -0.3 is 30.2 Å². The Hall–Kier alpha value is -4.02. The van der Waals surface area contributed by atoms with Crippen LogP contribution in [-0.2, 0) is 22.7 Å². The van der Waals surface area contributed by atoms with E-state index in [0.717, 1.165) is 0 Å². The van der Waals surface area contributed by atoms with Gasteiger partial charge >= 0.3 is 12.1 Å². The molecule has 0 aliphatic rings. The van der Waals surface area contributed by atoms with E-state index in [1.165, 1.54) is 49.4 Å². The number of ether oxygens (including phenoxy) is 1. The first-order valence-electron chi connectivity index (χ1n) is 8.19. The Bertz CT molecular complexity index is 931. The van der Waals surface area contributed by atoms with E-state index in [2.05, 4.69) is 10.2 Å². The maximum atomic E-state index is 12.2. The number of hydrogen-bond donors (Lipinski definition) is 4. The van der Waals surface area contributed by atoms with Crippen LogP contribution in [0.25, 0.3) is 0 Å². The van der Waals surface area contributed by atoms with Gasteiger partial charge in [0.2, 0.25) is 0 Å². The highest BCUT2D eigenvalue weighted by molar-refractivity contribution is 5.85. The van der Waals surface area contributed by atoms with E-state index in [4.69, 9.17) is 4.74 Å². The van der Waals surface area contributed by atoms with Crippen molar-refractivity contribution in [1.82, 2.24) is 5.32 Å². The van der Waals surface area contributed by atoms with Crippen molar-refractivity contribution in [3.63, 3.8) is 0 Å². The monoisotopic (exact) mass is 406 g/mol. The zero-order valence-corrected chi connectivity index (χ0v) is 15.2. The molecule has 0 aliphatic heterocycles. The molecule has 0 saturated carbocycles. The number of aliphatic carboxylic acids is 1. The molecule has 0 aromatic heterocycles. The molecule has 11 heteroatoms. The van der Waals surface area contributed by atoms with Crippen LogP contribution in [0.15, 0.2) is 42.5 Å². The zero-order valence-electron chi connectivity index (χ0n) is 15.2. The number of nitrogens with zero attached hydrogens (tertiary/aromatic N) is 1. The smallest absolute Gasteiger partial charge is 0.413 e.